The van der Waals surface area contributed by atoms with E-state index in [1.165, 1.54) is 12.0 Å². The van der Waals surface area contributed by atoms with Gasteiger partial charge >= 0.3 is 0 Å². The molecular weight excluding hydrogens is 238 g/mol. The molecule has 0 atom stereocenters. The van der Waals surface area contributed by atoms with Crippen molar-refractivity contribution in [3.05, 3.63) is 23.7 Å². The van der Waals surface area contributed by atoms with Crippen molar-refractivity contribution in [1.82, 2.24) is 15.1 Å². The molecule has 0 spiro atoms. The molecule has 0 radical (unpaired) electrons. The summed E-state index contributed by atoms with van der Waals surface area (Å²) >= 11 is 0. The van der Waals surface area contributed by atoms with Crippen LogP contribution in [0.1, 0.15) is 31.6 Å². The van der Waals surface area contributed by atoms with Crippen LogP contribution in [0.3, 0.4) is 0 Å². The van der Waals surface area contributed by atoms with Crippen molar-refractivity contribution in [3.63, 3.8) is 0 Å². The van der Waals surface area contributed by atoms with Crippen LogP contribution in [0.15, 0.2) is 16.7 Å². The fraction of sp³-hybridized carbons (Fsp3) is 0.733. The highest BCUT2D eigenvalue weighted by atomic mass is 16.3. The molecule has 0 saturated heterocycles. The Morgan fingerprint density at radius 1 is 1.16 bits per heavy atom. The normalized spacial score (nSPS) is 11.7. The summed E-state index contributed by atoms with van der Waals surface area (Å²) in [5, 5.41) is 3.33. The number of furan rings is 1. The smallest absolute Gasteiger partial charge is 0.122 e. The minimum atomic E-state index is 0.826. The van der Waals surface area contributed by atoms with Crippen LogP contribution < -0.4 is 5.32 Å². The van der Waals surface area contributed by atoms with Gasteiger partial charge in [-0.2, -0.15) is 0 Å². The summed E-state index contributed by atoms with van der Waals surface area (Å²) < 4.78 is 5.57. The molecule has 19 heavy (non-hydrogen) atoms. The summed E-state index contributed by atoms with van der Waals surface area (Å²) in [5.74, 6) is 1.08. The Morgan fingerprint density at radius 2 is 1.95 bits per heavy atom. The molecule has 1 aromatic rings. The largest absolute Gasteiger partial charge is 0.468 e. The van der Waals surface area contributed by atoms with Crippen molar-refractivity contribution < 1.29 is 4.42 Å². The molecule has 110 valence electrons. The SMILES string of the molecule is CCCN(CCN(C)C)Cc1ccoc1CNCC. The minimum absolute atomic E-state index is 0.826. The van der Waals surface area contributed by atoms with Crippen molar-refractivity contribution in [2.24, 2.45) is 0 Å². The highest BCUT2D eigenvalue weighted by molar-refractivity contribution is 5.16. The zero-order valence-corrected chi connectivity index (χ0v) is 12.9. The third-order valence-corrected chi connectivity index (χ3v) is 3.17. The van der Waals surface area contributed by atoms with E-state index in [0.717, 1.165) is 45.0 Å². The maximum Gasteiger partial charge on any atom is 0.122 e. The first-order chi connectivity index (χ1) is 9.17. The Hall–Kier alpha value is -0.840. The Morgan fingerprint density at radius 3 is 2.58 bits per heavy atom. The lowest BCUT2D eigenvalue weighted by Gasteiger charge is -2.23. The minimum Gasteiger partial charge on any atom is -0.468 e. The third-order valence-electron chi connectivity index (χ3n) is 3.17. The van der Waals surface area contributed by atoms with Crippen LogP contribution in [0.5, 0.6) is 0 Å². The van der Waals surface area contributed by atoms with Gasteiger partial charge in [0, 0.05) is 25.2 Å². The molecule has 1 N–H and O–H groups in total. The van der Waals surface area contributed by atoms with E-state index in [-0.39, 0.29) is 0 Å². The molecule has 4 heteroatoms. The maximum absolute atomic E-state index is 5.57. The maximum atomic E-state index is 5.57. The first-order valence-corrected chi connectivity index (χ1v) is 7.30. The van der Waals surface area contributed by atoms with Crippen LogP contribution in [-0.4, -0.2) is 50.1 Å². The lowest BCUT2D eigenvalue weighted by molar-refractivity contribution is 0.232. The van der Waals surface area contributed by atoms with Gasteiger partial charge in [-0.05, 0) is 39.7 Å². The number of nitrogens with one attached hydrogen (secondary N) is 1. The monoisotopic (exact) mass is 267 g/mol. The molecule has 0 bridgehead atoms. The molecule has 0 aliphatic carbocycles. The van der Waals surface area contributed by atoms with Crippen LogP contribution in [0.4, 0.5) is 0 Å². The lowest BCUT2D eigenvalue weighted by Crippen LogP contribution is -2.32. The molecule has 0 fully saturated rings. The van der Waals surface area contributed by atoms with E-state index in [4.69, 9.17) is 4.42 Å². The predicted molar refractivity (Wildman–Crippen MR) is 80.2 cm³/mol. The van der Waals surface area contributed by atoms with Gasteiger partial charge in [0.1, 0.15) is 5.76 Å². The van der Waals surface area contributed by atoms with Crippen molar-refractivity contribution in [2.45, 2.75) is 33.4 Å². The Bertz CT molecular complexity index is 336. The fourth-order valence-corrected chi connectivity index (χ4v) is 2.07. The molecule has 0 unspecified atom stereocenters. The van der Waals surface area contributed by atoms with E-state index >= 15 is 0 Å². The average molecular weight is 267 g/mol. The van der Waals surface area contributed by atoms with Gasteiger partial charge in [0.25, 0.3) is 0 Å². The first-order valence-electron chi connectivity index (χ1n) is 7.30. The third kappa shape index (κ3) is 6.23. The highest BCUT2D eigenvalue weighted by Crippen LogP contribution is 2.13. The second-order valence-corrected chi connectivity index (χ2v) is 5.23. The van der Waals surface area contributed by atoms with E-state index in [9.17, 15) is 0 Å². The number of hydrogen-bond acceptors (Lipinski definition) is 4. The van der Waals surface area contributed by atoms with E-state index in [0.29, 0.717) is 0 Å². The number of nitrogens with zero attached hydrogens (tertiary/aromatic N) is 2. The molecular formula is C15H29N3O. The first kappa shape index (κ1) is 16.2. The lowest BCUT2D eigenvalue weighted by atomic mass is 10.2. The molecule has 0 aliphatic heterocycles. The Kier molecular flexibility index (Phi) is 7.79. The van der Waals surface area contributed by atoms with Crippen LogP contribution in [0.2, 0.25) is 0 Å². The summed E-state index contributed by atoms with van der Waals surface area (Å²) in [6.45, 7) is 10.5. The van der Waals surface area contributed by atoms with Crippen LogP contribution in [0.25, 0.3) is 0 Å². The molecule has 0 saturated carbocycles. The van der Waals surface area contributed by atoms with Crippen LogP contribution in [-0.2, 0) is 13.1 Å². The van der Waals surface area contributed by atoms with Gasteiger partial charge in [-0.3, -0.25) is 4.90 Å². The summed E-state index contributed by atoms with van der Waals surface area (Å²) in [6, 6.07) is 2.10. The molecule has 1 heterocycles. The fourth-order valence-electron chi connectivity index (χ4n) is 2.07. The van der Waals surface area contributed by atoms with Crippen LogP contribution in [0, 0.1) is 0 Å². The molecule has 0 amide bonds. The summed E-state index contributed by atoms with van der Waals surface area (Å²) in [4.78, 5) is 4.73. The second-order valence-electron chi connectivity index (χ2n) is 5.23. The number of rotatable bonds is 10. The van der Waals surface area contributed by atoms with Gasteiger partial charge in [-0.15, -0.1) is 0 Å². The van der Waals surface area contributed by atoms with Crippen molar-refractivity contribution in [2.75, 3.05) is 40.3 Å². The van der Waals surface area contributed by atoms with Gasteiger partial charge in [0.05, 0.1) is 12.8 Å². The zero-order chi connectivity index (χ0) is 14.1. The Labute approximate surface area is 117 Å². The summed E-state index contributed by atoms with van der Waals surface area (Å²) in [6.07, 6.45) is 2.99. The van der Waals surface area contributed by atoms with Gasteiger partial charge in [-0.1, -0.05) is 13.8 Å². The second kappa shape index (κ2) is 9.13. The van der Waals surface area contributed by atoms with Gasteiger partial charge in [0.15, 0.2) is 0 Å². The molecule has 1 rings (SSSR count). The van der Waals surface area contributed by atoms with E-state index < -0.39 is 0 Å². The number of hydrogen-bond donors (Lipinski definition) is 1. The van der Waals surface area contributed by atoms with Crippen molar-refractivity contribution in [3.8, 4) is 0 Å². The quantitative estimate of drug-likeness (QED) is 0.704. The molecule has 0 aromatic carbocycles. The highest BCUT2D eigenvalue weighted by Gasteiger charge is 2.11. The van der Waals surface area contributed by atoms with Gasteiger partial charge in [0.2, 0.25) is 0 Å². The average Bonchev–Trinajstić information content (AvgIpc) is 2.81. The van der Waals surface area contributed by atoms with Crippen molar-refractivity contribution >= 4 is 0 Å². The Balaban J connectivity index is 2.54. The molecule has 4 nitrogen and oxygen atoms in total. The predicted octanol–water partition coefficient (Wildman–Crippen LogP) is 2.16. The van der Waals surface area contributed by atoms with E-state index in [2.05, 4.69) is 49.1 Å². The number of likely N-dealkylation sites (N-methyl/N-ethyl adjacent to an activating group) is 1. The topological polar surface area (TPSA) is 31.6 Å². The van der Waals surface area contributed by atoms with E-state index in [1.807, 2.05) is 0 Å². The standard InChI is InChI=1S/C15H29N3O/c1-5-8-18(10-9-17(3)4)13-14-7-11-19-15(14)12-16-6-2/h7,11,16H,5-6,8-10,12-13H2,1-4H3. The van der Waals surface area contributed by atoms with Gasteiger partial charge in [-0.25, -0.2) is 0 Å². The molecule has 0 aliphatic rings. The molecule has 1 aromatic heterocycles. The van der Waals surface area contributed by atoms with Crippen LogP contribution >= 0.6 is 0 Å². The summed E-state index contributed by atoms with van der Waals surface area (Å²) in [7, 11) is 4.25. The van der Waals surface area contributed by atoms with E-state index in [1.54, 1.807) is 6.26 Å². The zero-order valence-electron chi connectivity index (χ0n) is 12.9. The van der Waals surface area contributed by atoms with Gasteiger partial charge < -0.3 is 14.6 Å². The summed E-state index contributed by atoms with van der Waals surface area (Å²) in [5.41, 5.74) is 1.31. The van der Waals surface area contributed by atoms with Crippen molar-refractivity contribution in [1.29, 1.82) is 0 Å².